The van der Waals surface area contributed by atoms with Crippen molar-refractivity contribution in [1.29, 1.82) is 0 Å². The summed E-state index contributed by atoms with van der Waals surface area (Å²) in [6, 6.07) is 6.75. The zero-order valence-corrected chi connectivity index (χ0v) is 15.2. The van der Waals surface area contributed by atoms with Gasteiger partial charge in [-0.15, -0.1) is 5.10 Å². The van der Waals surface area contributed by atoms with Crippen LogP contribution in [0.1, 0.15) is 32.1 Å². The van der Waals surface area contributed by atoms with Crippen molar-refractivity contribution < 1.29 is 19.1 Å². The van der Waals surface area contributed by atoms with Gasteiger partial charge in [0, 0.05) is 6.54 Å². The SMILES string of the molecule is O=C(CCN1C(=O)[C@H]2CCCC[C@@H]2C1=O)OCn1nnc2ccccc2c1=O. The van der Waals surface area contributed by atoms with E-state index in [1.165, 1.54) is 4.90 Å². The highest BCUT2D eigenvalue weighted by atomic mass is 16.5. The molecule has 1 aromatic heterocycles. The molecular formula is C19H20N4O5. The van der Waals surface area contributed by atoms with Crippen molar-refractivity contribution in [3.63, 3.8) is 0 Å². The molecule has 2 aliphatic rings. The van der Waals surface area contributed by atoms with E-state index in [4.69, 9.17) is 4.74 Å². The highest BCUT2D eigenvalue weighted by molar-refractivity contribution is 6.05. The highest BCUT2D eigenvalue weighted by Crippen LogP contribution is 2.37. The number of hydrogen-bond acceptors (Lipinski definition) is 7. The number of benzene rings is 1. The summed E-state index contributed by atoms with van der Waals surface area (Å²) in [7, 11) is 0. The molecule has 4 rings (SSSR count). The van der Waals surface area contributed by atoms with Gasteiger partial charge in [0.25, 0.3) is 5.56 Å². The first-order chi connectivity index (χ1) is 13.6. The van der Waals surface area contributed by atoms with Crippen LogP contribution in [-0.4, -0.2) is 44.2 Å². The predicted octanol–water partition coefficient (Wildman–Crippen LogP) is 0.857. The molecule has 146 valence electrons. The lowest BCUT2D eigenvalue weighted by atomic mass is 9.81. The second kappa shape index (κ2) is 7.49. The first-order valence-electron chi connectivity index (χ1n) is 9.39. The molecule has 1 aromatic carbocycles. The van der Waals surface area contributed by atoms with Crippen LogP contribution in [-0.2, 0) is 25.9 Å². The molecule has 2 atom stereocenters. The average Bonchev–Trinajstić information content (AvgIpc) is 2.96. The first kappa shape index (κ1) is 18.3. The molecule has 2 aromatic rings. The van der Waals surface area contributed by atoms with Gasteiger partial charge in [0.15, 0.2) is 6.73 Å². The Bertz CT molecular complexity index is 977. The summed E-state index contributed by atoms with van der Waals surface area (Å²) in [4.78, 5) is 50.3. The number of amides is 2. The Morgan fingerprint density at radius 2 is 1.75 bits per heavy atom. The van der Waals surface area contributed by atoms with E-state index in [2.05, 4.69) is 10.3 Å². The van der Waals surface area contributed by atoms with Crippen LogP contribution in [0.15, 0.2) is 29.1 Å². The molecule has 2 fully saturated rings. The zero-order chi connectivity index (χ0) is 19.7. The highest BCUT2D eigenvalue weighted by Gasteiger charge is 2.47. The van der Waals surface area contributed by atoms with E-state index in [0.717, 1.165) is 30.4 Å². The molecule has 0 N–H and O–H groups in total. The number of aromatic nitrogens is 3. The Morgan fingerprint density at radius 1 is 1.07 bits per heavy atom. The van der Waals surface area contributed by atoms with Gasteiger partial charge in [0.05, 0.1) is 23.6 Å². The summed E-state index contributed by atoms with van der Waals surface area (Å²) in [5, 5.41) is 8.04. The normalized spacial score (nSPS) is 21.8. The number of imide groups is 1. The Hall–Kier alpha value is -3.10. The average molecular weight is 384 g/mol. The number of nitrogens with zero attached hydrogens (tertiary/aromatic N) is 4. The van der Waals surface area contributed by atoms with E-state index < -0.39 is 11.5 Å². The van der Waals surface area contributed by atoms with E-state index in [-0.39, 0.29) is 43.3 Å². The number of fused-ring (bicyclic) bond motifs is 2. The Morgan fingerprint density at radius 3 is 2.46 bits per heavy atom. The molecule has 1 aliphatic carbocycles. The smallest absolute Gasteiger partial charge is 0.309 e. The largest absolute Gasteiger partial charge is 0.442 e. The summed E-state index contributed by atoms with van der Waals surface area (Å²) in [5.41, 5.74) is 0.0509. The number of likely N-dealkylation sites (tertiary alicyclic amines) is 1. The molecule has 9 nitrogen and oxygen atoms in total. The summed E-state index contributed by atoms with van der Waals surface area (Å²) < 4.78 is 6.04. The minimum absolute atomic E-state index is 0.00178. The summed E-state index contributed by atoms with van der Waals surface area (Å²) in [6.45, 7) is -0.371. The van der Waals surface area contributed by atoms with Gasteiger partial charge in [-0.05, 0) is 25.0 Å². The molecule has 0 bridgehead atoms. The first-order valence-corrected chi connectivity index (χ1v) is 9.39. The molecule has 0 spiro atoms. The molecule has 2 amide bonds. The van der Waals surface area contributed by atoms with Gasteiger partial charge in [-0.3, -0.25) is 24.1 Å². The fourth-order valence-corrected chi connectivity index (χ4v) is 3.97. The molecule has 1 saturated heterocycles. The van der Waals surface area contributed by atoms with Crippen molar-refractivity contribution in [1.82, 2.24) is 19.9 Å². The van der Waals surface area contributed by atoms with Crippen molar-refractivity contribution in [3.05, 3.63) is 34.6 Å². The van der Waals surface area contributed by atoms with Crippen LogP contribution in [0.25, 0.3) is 10.9 Å². The quantitative estimate of drug-likeness (QED) is 0.555. The fraction of sp³-hybridized carbons (Fsp3) is 0.474. The van der Waals surface area contributed by atoms with E-state index in [1.807, 2.05) is 0 Å². The maximum atomic E-state index is 12.4. The molecule has 1 aliphatic heterocycles. The van der Waals surface area contributed by atoms with Crippen molar-refractivity contribution in [2.45, 2.75) is 38.8 Å². The molecule has 1 saturated carbocycles. The van der Waals surface area contributed by atoms with Crippen molar-refractivity contribution in [2.75, 3.05) is 6.54 Å². The monoisotopic (exact) mass is 384 g/mol. The standard InChI is InChI=1S/C19H20N4O5/c24-16(9-10-22-17(25)12-5-1-2-6-13(12)18(22)26)28-11-23-19(27)14-7-3-4-8-15(14)20-21-23/h3-4,7-8,12-13H,1-2,5-6,9-11H2/t12-,13-/m0/s1. The predicted molar refractivity (Wildman–Crippen MR) is 96.7 cm³/mol. The van der Waals surface area contributed by atoms with E-state index >= 15 is 0 Å². The minimum Gasteiger partial charge on any atom is -0.442 e. The van der Waals surface area contributed by atoms with Gasteiger partial charge < -0.3 is 4.74 Å². The van der Waals surface area contributed by atoms with Crippen LogP contribution < -0.4 is 5.56 Å². The molecule has 2 heterocycles. The lowest BCUT2D eigenvalue weighted by Gasteiger charge is -2.19. The molecule has 0 radical (unpaired) electrons. The number of hydrogen-bond donors (Lipinski definition) is 0. The Balaban J connectivity index is 1.34. The Labute approximate surface area is 160 Å². The van der Waals surface area contributed by atoms with Gasteiger partial charge in [-0.2, -0.15) is 4.68 Å². The fourth-order valence-electron chi connectivity index (χ4n) is 3.97. The second-order valence-corrected chi connectivity index (χ2v) is 7.13. The maximum Gasteiger partial charge on any atom is 0.309 e. The van der Waals surface area contributed by atoms with Gasteiger partial charge >= 0.3 is 5.97 Å². The van der Waals surface area contributed by atoms with Crippen molar-refractivity contribution in [2.24, 2.45) is 11.8 Å². The summed E-state index contributed by atoms with van der Waals surface area (Å²) >= 11 is 0. The van der Waals surface area contributed by atoms with Crippen LogP contribution in [0.2, 0.25) is 0 Å². The number of esters is 1. The molecular weight excluding hydrogens is 364 g/mol. The molecule has 9 heteroatoms. The van der Waals surface area contributed by atoms with Gasteiger partial charge in [-0.25, -0.2) is 0 Å². The zero-order valence-electron chi connectivity index (χ0n) is 15.2. The lowest BCUT2D eigenvalue weighted by molar-refractivity contribution is -0.149. The second-order valence-electron chi connectivity index (χ2n) is 7.13. The van der Waals surface area contributed by atoms with Gasteiger partial charge in [0.2, 0.25) is 11.8 Å². The maximum absolute atomic E-state index is 12.4. The molecule has 28 heavy (non-hydrogen) atoms. The number of carbonyl (C=O) groups is 3. The third-order valence-corrected chi connectivity index (χ3v) is 5.45. The van der Waals surface area contributed by atoms with Crippen molar-refractivity contribution in [3.8, 4) is 0 Å². The Kier molecular flexibility index (Phi) is 4.89. The summed E-state index contributed by atoms with van der Waals surface area (Å²) in [5.74, 6) is -1.44. The van der Waals surface area contributed by atoms with Crippen LogP contribution in [0, 0.1) is 11.8 Å². The van der Waals surface area contributed by atoms with E-state index in [9.17, 15) is 19.2 Å². The van der Waals surface area contributed by atoms with Crippen molar-refractivity contribution >= 4 is 28.7 Å². The summed E-state index contributed by atoms with van der Waals surface area (Å²) in [6.07, 6.45) is 3.27. The topological polar surface area (TPSA) is 111 Å². The third kappa shape index (κ3) is 3.28. The van der Waals surface area contributed by atoms with Crippen LogP contribution >= 0.6 is 0 Å². The molecule has 0 unspecified atom stereocenters. The van der Waals surface area contributed by atoms with Gasteiger partial charge in [-0.1, -0.05) is 30.2 Å². The van der Waals surface area contributed by atoms with E-state index in [0.29, 0.717) is 10.9 Å². The van der Waals surface area contributed by atoms with Gasteiger partial charge in [0.1, 0.15) is 5.52 Å². The number of carbonyl (C=O) groups excluding carboxylic acids is 3. The van der Waals surface area contributed by atoms with E-state index in [1.54, 1.807) is 24.3 Å². The third-order valence-electron chi connectivity index (χ3n) is 5.45. The number of ether oxygens (including phenoxy) is 1. The lowest BCUT2D eigenvalue weighted by Crippen LogP contribution is -2.33. The van der Waals surface area contributed by atoms with Crippen LogP contribution in [0.5, 0.6) is 0 Å². The minimum atomic E-state index is -0.614. The van der Waals surface area contributed by atoms with Crippen LogP contribution in [0.3, 0.4) is 0 Å². The number of rotatable bonds is 5. The van der Waals surface area contributed by atoms with Crippen LogP contribution in [0.4, 0.5) is 0 Å².